The van der Waals surface area contributed by atoms with Crippen molar-refractivity contribution < 1.29 is 14.3 Å². The first-order valence-corrected chi connectivity index (χ1v) is 9.63. The van der Waals surface area contributed by atoms with Crippen molar-refractivity contribution in [3.8, 4) is 17.6 Å². The first kappa shape index (κ1) is 19.3. The van der Waals surface area contributed by atoms with Crippen molar-refractivity contribution in [2.45, 2.75) is 13.0 Å². The lowest BCUT2D eigenvalue weighted by Crippen LogP contribution is -2.22. The highest BCUT2D eigenvalue weighted by Gasteiger charge is 2.18. The third-order valence-electron chi connectivity index (χ3n) is 4.79. The highest BCUT2D eigenvalue weighted by molar-refractivity contribution is 6.07. The largest absolute Gasteiger partial charge is 0.489 e. The quantitative estimate of drug-likeness (QED) is 0.653. The molecule has 0 aromatic heterocycles. The van der Waals surface area contributed by atoms with Crippen LogP contribution in [0.25, 0.3) is 6.08 Å². The predicted octanol–water partition coefficient (Wildman–Crippen LogP) is 4.75. The fraction of sp³-hybridized carbons (Fsp3) is 0.120. The van der Waals surface area contributed by atoms with Gasteiger partial charge < -0.3 is 14.8 Å². The zero-order chi connectivity index (χ0) is 20.8. The van der Waals surface area contributed by atoms with Crippen LogP contribution >= 0.6 is 0 Å². The lowest BCUT2D eigenvalue weighted by molar-refractivity contribution is -0.113. The minimum Gasteiger partial charge on any atom is -0.489 e. The summed E-state index contributed by atoms with van der Waals surface area (Å²) in [7, 11) is 0. The van der Waals surface area contributed by atoms with Crippen molar-refractivity contribution in [2.24, 2.45) is 0 Å². The van der Waals surface area contributed by atoms with Crippen LogP contribution in [0.5, 0.6) is 11.5 Å². The fourth-order valence-electron chi connectivity index (χ4n) is 3.17. The second kappa shape index (κ2) is 8.97. The Bertz CT molecular complexity index is 1130. The Hall–Kier alpha value is -4.04. The van der Waals surface area contributed by atoms with Gasteiger partial charge in [-0.3, -0.25) is 4.79 Å². The van der Waals surface area contributed by atoms with Gasteiger partial charge in [-0.25, -0.2) is 0 Å². The van der Waals surface area contributed by atoms with Crippen molar-refractivity contribution in [1.29, 1.82) is 5.26 Å². The van der Waals surface area contributed by atoms with Gasteiger partial charge in [-0.05, 0) is 35.9 Å². The Morgan fingerprint density at radius 1 is 1.03 bits per heavy atom. The Kier molecular flexibility index (Phi) is 5.77. The van der Waals surface area contributed by atoms with Crippen molar-refractivity contribution in [3.05, 3.63) is 95.1 Å². The number of hydrogen-bond donors (Lipinski definition) is 1. The molecular formula is C25H20N2O3. The van der Waals surface area contributed by atoms with Gasteiger partial charge in [-0.1, -0.05) is 48.5 Å². The van der Waals surface area contributed by atoms with Gasteiger partial charge in [0.1, 0.15) is 24.7 Å². The van der Waals surface area contributed by atoms with Crippen LogP contribution in [-0.2, 0) is 17.8 Å². The number of benzene rings is 3. The summed E-state index contributed by atoms with van der Waals surface area (Å²) in [5, 5.41) is 11.7. The van der Waals surface area contributed by atoms with Gasteiger partial charge in [0.25, 0.3) is 5.91 Å². The van der Waals surface area contributed by atoms with E-state index in [-0.39, 0.29) is 12.5 Å². The molecule has 0 saturated heterocycles. The summed E-state index contributed by atoms with van der Waals surface area (Å²) in [6.07, 6.45) is 2.23. The van der Waals surface area contributed by atoms with Crippen LogP contribution < -0.4 is 14.8 Å². The van der Waals surface area contributed by atoms with Gasteiger partial charge in [0.15, 0.2) is 0 Å². The number of fused-ring (bicyclic) bond motifs is 1. The maximum atomic E-state index is 12.8. The van der Waals surface area contributed by atoms with Gasteiger partial charge in [-0.15, -0.1) is 0 Å². The number of nitrogens with zero attached hydrogens (tertiary/aromatic N) is 1. The predicted molar refractivity (Wildman–Crippen MR) is 115 cm³/mol. The molecule has 5 heteroatoms. The molecule has 0 aliphatic carbocycles. The van der Waals surface area contributed by atoms with Gasteiger partial charge in [0.2, 0.25) is 0 Å². The molecule has 0 unspecified atom stereocenters. The van der Waals surface area contributed by atoms with Crippen LogP contribution in [0.2, 0.25) is 0 Å². The number of carbonyl (C=O) groups excluding carboxylic acids is 1. The summed E-state index contributed by atoms with van der Waals surface area (Å²) < 4.78 is 11.5. The van der Waals surface area contributed by atoms with Crippen molar-refractivity contribution in [2.75, 3.05) is 11.9 Å². The summed E-state index contributed by atoms with van der Waals surface area (Å²) >= 11 is 0. The minimum absolute atomic E-state index is 0.196. The molecule has 1 aliphatic heterocycles. The summed E-state index contributed by atoms with van der Waals surface area (Å²) in [6, 6.07) is 24.7. The lowest BCUT2D eigenvalue weighted by atomic mass is 10.1. The number of amides is 1. The molecule has 30 heavy (non-hydrogen) atoms. The van der Waals surface area contributed by atoms with Crippen LogP contribution in [0, 0.1) is 11.3 Å². The molecular weight excluding hydrogens is 376 g/mol. The fourth-order valence-corrected chi connectivity index (χ4v) is 3.17. The van der Waals surface area contributed by atoms with Crippen LogP contribution in [0.15, 0.2) is 78.4 Å². The van der Waals surface area contributed by atoms with E-state index in [9.17, 15) is 4.79 Å². The van der Waals surface area contributed by atoms with E-state index in [4.69, 9.17) is 14.7 Å². The number of nitriles is 1. The number of para-hydroxylation sites is 2. The Morgan fingerprint density at radius 2 is 1.80 bits per heavy atom. The normalized spacial score (nSPS) is 12.0. The zero-order valence-corrected chi connectivity index (χ0v) is 16.3. The monoisotopic (exact) mass is 396 g/mol. The molecule has 4 rings (SSSR count). The maximum absolute atomic E-state index is 12.8. The van der Waals surface area contributed by atoms with Crippen LogP contribution in [-0.4, -0.2) is 12.5 Å². The molecule has 1 amide bonds. The van der Waals surface area contributed by atoms with Gasteiger partial charge in [0.05, 0.1) is 18.1 Å². The molecule has 0 radical (unpaired) electrons. The minimum atomic E-state index is -0.196. The summed E-state index contributed by atoms with van der Waals surface area (Å²) in [4.78, 5) is 12.8. The number of rotatable bonds is 6. The average molecular weight is 396 g/mol. The SMILES string of the molecule is N#CCc1ccc(OCc2ccccc2NC(=O)C2=Cc3ccccc3OC2)cc1. The Balaban J connectivity index is 1.44. The molecule has 0 bridgehead atoms. The Labute approximate surface area is 175 Å². The molecule has 0 spiro atoms. The first-order valence-electron chi connectivity index (χ1n) is 9.63. The molecule has 1 heterocycles. The van der Waals surface area contributed by atoms with Gasteiger partial charge >= 0.3 is 0 Å². The zero-order valence-electron chi connectivity index (χ0n) is 16.3. The standard InChI is InChI=1S/C25H20N2O3/c26-14-13-18-9-11-22(12-10-18)29-16-20-6-1-3-7-23(20)27-25(28)21-15-19-5-2-4-8-24(19)30-17-21/h1-12,15H,13,16-17H2,(H,27,28). The molecule has 3 aromatic carbocycles. The molecule has 3 aromatic rings. The van der Waals surface area contributed by atoms with Crippen molar-refractivity contribution in [3.63, 3.8) is 0 Å². The summed E-state index contributed by atoms with van der Waals surface area (Å²) in [5.74, 6) is 1.29. The van der Waals surface area contributed by atoms with E-state index in [1.165, 1.54) is 0 Å². The number of carbonyl (C=O) groups is 1. The smallest absolute Gasteiger partial charge is 0.255 e. The van der Waals surface area contributed by atoms with Crippen molar-refractivity contribution >= 4 is 17.7 Å². The maximum Gasteiger partial charge on any atom is 0.255 e. The van der Waals surface area contributed by atoms with E-state index in [1.807, 2.05) is 78.9 Å². The van der Waals surface area contributed by atoms with E-state index in [0.717, 1.165) is 22.4 Å². The number of hydrogen-bond acceptors (Lipinski definition) is 4. The van der Waals surface area contributed by atoms with E-state index in [2.05, 4.69) is 11.4 Å². The third kappa shape index (κ3) is 4.50. The molecule has 1 N–H and O–H groups in total. The summed E-state index contributed by atoms with van der Waals surface area (Å²) in [5.41, 5.74) is 3.97. The molecule has 5 nitrogen and oxygen atoms in total. The number of anilines is 1. The number of nitrogens with one attached hydrogen (secondary N) is 1. The third-order valence-corrected chi connectivity index (χ3v) is 4.79. The highest BCUT2D eigenvalue weighted by Crippen LogP contribution is 2.27. The van der Waals surface area contributed by atoms with Crippen molar-refractivity contribution in [1.82, 2.24) is 0 Å². The van der Waals surface area contributed by atoms with Gasteiger partial charge in [0, 0.05) is 16.8 Å². The van der Waals surface area contributed by atoms with E-state index >= 15 is 0 Å². The van der Waals surface area contributed by atoms with Crippen LogP contribution in [0.3, 0.4) is 0 Å². The molecule has 1 aliphatic rings. The van der Waals surface area contributed by atoms with E-state index in [0.29, 0.717) is 30.0 Å². The summed E-state index contributed by atoms with van der Waals surface area (Å²) in [6.45, 7) is 0.545. The lowest BCUT2D eigenvalue weighted by Gasteiger charge is -2.18. The van der Waals surface area contributed by atoms with Crippen LogP contribution in [0.1, 0.15) is 16.7 Å². The molecule has 0 atom stereocenters. The second-order valence-corrected chi connectivity index (χ2v) is 6.87. The van der Waals surface area contributed by atoms with Crippen LogP contribution in [0.4, 0.5) is 5.69 Å². The number of ether oxygens (including phenoxy) is 2. The molecule has 0 saturated carbocycles. The Morgan fingerprint density at radius 3 is 2.63 bits per heavy atom. The topological polar surface area (TPSA) is 71.3 Å². The van der Waals surface area contributed by atoms with E-state index < -0.39 is 0 Å². The van der Waals surface area contributed by atoms with Gasteiger partial charge in [-0.2, -0.15) is 5.26 Å². The molecule has 148 valence electrons. The first-order chi connectivity index (χ1) is 14.7. The molecule has 0 fully saturated rings. The average Bonchev–Trinajstić information content (AvgIpc) is 2.79. The second-order valence-electron chi connectivity index (χ2n) is 6.87. The van der Waals surface area contributed by atoms with E-state index in [1.54, 1.807) is 0 Å². The highest BCUT2D eigenvalue weighted by atomic mass is 16.5.